The number of ether oxygens (including phenoxy) is 1. The summed E-state index contributed by atoms with van der Waals surface area (Å²) < 4.78 is 6.22. The minimum atomic E-state index is -1.02. The van der Waals surface area contributed by atoms with Crippen LogP contribution >= 0.6 is 0 Å². The molecule has 2 aromatic rings. The van der Waals surface area contributed by atoms with Gasteiger partial charge >= 0.3 is 0 Å². The third kappa shape index (κ3) is 7.98. The fraction of sp³-hybridized carbons (Fsp3) is 0.529. The van der Waals surface area contributed by atoms with Crippen molar-refractivity contribution >= 4 is 11.8 Å². The summed E-state index contributed by atoms with van der Waals surface area (Å²) in [7, 11) is 0. The Morgan fingerprint density at radius 3 is 2.27 bits per heavy atom. The molecule has 1 heterocycles. The zero-order valence-corrected chi connectivity index (χ0v) is 24.3. The highest BCUT2D eigenvalue weighted by Crippen LogP contribution is 2.47. The molecule has 0 unspecified atom stereocenters. The molecule has 41 heavy (non-hydrogen) atoms. The summed E-state index contributed by atoms with van der Waals surface area (Å²) in [6, 6.07) is 16.5. The van der Waals surface area contributed by atoms with Crippen LogP contribution in [0.2, 0.25) is 0 Å². The third-order valence-corrected chi connectivity index (χ3v) is 8.25. The number of aliphatic hydroxyl groups excluding tert-OH is 2. The summed E-state index contributed by atoms with van der Waals surface area (Å²) in [5.74, 6) is -0.181. The summed E-state index contributed by atoms with van der Waals surface area (Å²) in [5.41, 5.74) is 2.26. The molecule has 7 heteroatoms. The van der Waals surface area contributed by atoms with Gasteiger partial charge in [0, 0.05) is 30.6 Å². The molecule has 0 saturated carbocycles. The lowest BCUT2D eigenvalue weighted by atomic mass is 9.77. The summed E-state index contributed by atoms with van der Waals surface area (Å²) in [4.78, 5) is 28.8. The van der Waals surface area contributed by atoms with Gasteiger partial charge in [0.2, 0.25) is 11.8 Å². The molecule has 0 spiro atoms. The standard InChI is InChI=1S/C34H46N2O5/c1-2-3-4-5-6-7-8-9-13-20-30(38)36(24-25-16-11-10-12-17-25)28-23-27(34(40)35-21-22-37)31-26-18-14-15-19-29(26)41-33(31)32(28)39/h10-12,14-19,23,28,31-33,37,39H,2-9,13,20-22,24H2,1H3,(H,35,40)/t28-,31+,32+,33+/m1/s1. The van der Waals surface area contributed by atoms with Crippen molar-refractivity contribution in [2.75, 3.05) is 13.2 Å². The Labute approximate surface area is 244 Å². The molecule has 7 nitrogen and oxygen atoms in total. The van der Waals surface area contributed by atoms with Crippen molar-refractivity contribution in [3.63, 3.8) is 0 Å². The number of aliphatic hydroxyl groups is 2. The number of nitrogens with one attached hydrogen (secondary N) is 1. The van der Waals surface area contributed by atoms with E-state index in [2.05, 4.69) is 12.2 Å². The van der Waals surface area contributed by atoms with E-state index in [1.165, 1.54) is 38.5 Å². The van der Waals surface area contributed by atoms with Crippen LogP contribution in [0.1, 0.15) is 88.2 Å². The molecule has 222 valence electrons. The van der Waals surface area contributed by atoms with Crippen LogP contribution in [0, 0.1) is 0 Å². The molecule has 1 aliphatic carbocycles. The highest BCUT2D eigenvalue weighted by molar-refractivity contribution is 5.96. The number of carbonyl (C=O) groups excluding carboxylic acids is 2. The minimum Gasteiger partial charge on any atom is -0.486 e. The average molecular weight is 563 g/mol. The summed E-state index contributed by atoms with van der Waals surface area (Å²) in [5, 5.41) is 23.8. The van der Waals surface area contributed by atoms with Gasteiger partial charge in [0.1, 0.15) is 18.0 Å². The number of hydrogen-bond donors (Lipinski definition) is 3. The van der Waals surface area contributed by atoms with E-state index >= 15 is 0 Å². The molecule has 4 rings (SSSR count). The first-order chi connectivity index (χ1) is 20.0. The van der Waals surface area contributed by atoms with E-state index in [-0.39, 0.29) is 25.0 Å². The molecule has 0 fully saturated rings. The molecule has 2 amide bonds. The second-order valence-electron chi connectivity index (χ2n) is 11.3. The van der Waals surface area contributed by atoms with Crippen LogP contribution < -0.4 is 10.1 Å². The third-order valence-electron chi connectivity index (χ3n) is 8.25. The fourth-order valence-corrected chi connectivity index (χ4v) is 6.06. The summed E-state index contributed by atoms with van der Waals surface area (Å²) in [6.45, 7) is 2.49. The van der Waals surface area contributed by atoms with Crippen molar-refractivity contribution in [2.24, 2.45) is 0 Å². The average Bonchev–Trinajstić information content (AvgIpc) is 3.39. The van der Waals surface area contributed by atoms with E-state index in [0.717, 1.165) is 30.4 Å². The highest BCUT2D eigenvalue weighted by atomic mass is 16.5. The molecular formula is C34H46N2O5. The number of benzene rings is 2. The highest BCUT2D eigenvalue weighted by Gasteiger charge is 2.50. The molecule has 4 atom stereocenters. The first kappa shape index (κ1) is 30.8. The van der Waals surface area contributed by atoms with E-state index in [4.69, 9.17) is 4.74 Å². The first-order valence-corrected chi connectivity index (χ1v) is 15.4. The Kier molecular flexibility index (Phi) is 11.8. The quantitative estimate of drug-likeness (QED) is 0.243. The van der Waals surface area contributed by atoms with Gasteiger partial charge in [-0.3, -0.25) is 9.59 Å². The number of hydrogen-bond acceptors (Lipinski definition) is 5. The van der Waals surface area contributed by atoms with Crippen LogP contribution in [0.3, 0.4) is 0 Å². The SMILES string of the molecule is CCCCCCCCCCCC(=O)N(Cc1ccccc1)[C@@H]1C=C(C(=O)NCCO)[C@@H]2c3ccccc3O[C@@H]2[C@H]1O. The lowest BCUT2D eigenvalue weighted by Gasteiger charge is -2.41. The molecule has 3 N–H and O–H groups in total. The second-order valence-corrected chi connectivity index (χ2v) is 11.3. The molecule has 0 aromatic heterocycles. The molecule has 1 aliphatic heterocycles. The van der Waals surface area contributed by atoms with Crippen LogP contribution in [-0.2, 0) is 16.1 Å². The van der Waals surface area contributed by atoms with Crippen molar-refractivity contribution in [1.29, 1.82) is 0 Å². The van der Waals surface area contributed by atoms with E-state index in [0.29, 0.717) is 24.3 Å². The van der Waals surface area contributed by atoms with Gasteiger partial charge in [0.05, 0.1) is 18.6 Å². The largest absolute Gasteiger partial charge is 0.486 e. The zero-order chi connectivity index (χ0) is 29.0. The molecular weight excluding hydrogens is 516 g/mol. The van der Waals surface area contributed by atoms with Gasteiger partial charge in [-0.15, -0.1) is 0 Å². The number of fused-ring (bicyclic) bond motifs is 3. The Bertz CT molecular complexity index is 1150. The van der Waals surface area contributed by atoms with Gasteiger partial charge < -0.3 is 25.2 Å². The number of para-hydroxylation sites is 1. The molecule has 0 saturated heterocycles. The molecule has 0 radical (unpaired) electrons. The number of nitrogens with zero attached hydrogens (tertiary/aromatic N) is 1. The lowest BCUT2D eigenvalue weighted by molar-refractivity contribution is -0.138. The minimum absolute atomic E-state index is 0.0406. The maximum Gasteiger partial charge on any atom is 0.247 e. The van der Waals surface area contributed by atoms with Gasteiger partial charge in [0.15, 0.2) is 0 Å². The van der Waals surface area contributed by atoms with Crippen molar-refractivity contribution < 1.29 is 24.5 Å². The van der Waals surface area contributed by atoms with Crippen molar-refractivity contribution in [3.05, 3.63) is 77.4 Å². The van der Waals surface area contributed by atoms with Gasteiger partial charge in [-0.25, -0.2) is 0 Å². The van der Waals surface area contributed by atoms with Crippen molar-refractivity contribution in [1.82, 2.24) is 10.2 Å². The smallest absolute Gasteiger partial charge is 0.247 e. The van der Waals surface area contributed by atoms with E-state index in [1.807, 2.05) is 54.6 Å². The van der Waals surface area contributed by atoms with E-state index < -0.39 is 24.2 Å². The van der Waals surface area contributed by atoms with Crippen molar-refractivity contribution in [2.45, 2.75) is 102 Å². The Balaban J connectivity index is 1.52. The molecule has 2 aromatic carbocycles. The molecule has 2 aliphatic rings. The topological polar surface area (TPSA) is 99.1 Å². The number of carbonyl (C=O) groups is 2. The van der Waals surface area contributed by atoms with Crippen LogP contribution in [0.25, 0.3) is 0 Å². The predicted molar refractivity (Wildman–Crippen MR) is 160 cm³/mol. The predicted octanol–water partition coefficient (Wildman–Crippen LogP) is 5.26. The van der Waals surface area contributed by atoms with Gasteiger partial charge in [-0.2, -0.15) is 0 Å². The maximum absolute atomic E-state index is 13.8. The molecule has 0 bridgehead atoms. The fourth-order valence-electron chi connectivity index (χ4n) is 6.06. The summed E-state index contributed by atoms with van der Waals surface area (Å²) in [6.07, 6.45) is 10.9. The van der Waals surface area contributed by atoms with Crippen LogP contribution in [0.5, 0.6) is 5.75 Å². The number of amides is 2. The Morgan fingerprint density at radius 1 is 0.902 bits per heavy atom. The van der Waals surface area contributed by atoms with E-state index in [1.54, 1.807) is 11.0 Å². The Morgan fingerprint density at radius 2 is 1.56 bits per heavy atom. The van der Waals surface area contributed by atoms with Gasteiger partial charge in [-0.05, 0) is 24.1 Å². The summed E-state index contributed by atoms with van der Waals surface area (Å²) >= 11 is 0. The maximum atomic E-state index is 13.8. The first-order valence-electron chi connectivity index (χ1n) is 15.4. The van der Waals surface area contributed by atoms with Crippen LogP contribution in [-0.4, -0.2) is 58.3 Å². The monoisotopic (exact) mass is 562 g/mol. The van der Waals surface area contributed by atoms with Crippen molar-refractivity contribution in [3.8, 4) is 5.75 Å². The van der Waals surface area contributed by atoms with E-state index in [9.17, 15) is 19.8 Å². The van der Waals surface area contributed by atoms with Crippen LogP contribution in [0.4, 0.5) is 0 Å². The Hall–Kier alpha value is -3.16. The lowest BCUT2D eigenvalue weighted by Crippen LogP contribution is -2.55. The van der Waals surface area contributed by atoms with Gasteiger partial charge in [-0.1, -0.05) is 107 Å². The number of rotatable bonds is 16. The number of unbranched alkanes of at least 4 members (excludes halogenated alkanes) is 8. The van der Waals surface area contributed by atoms with Gasteiger partial charge in [0.25, 0.3) is 0 Å². The van der Waals surface area contributed by atoms with Crippen LogP contribution in [0.15, 0.2) is 66.2 Å². The second kappa shape index (κ2) is 15.7. The zero-order valence-electron chi connectivity index (χ0n) is 24.3. The normalized spacial score (nSPS) is 20.9.